The first-order valence-electron chi connectivity index (χ1n) is 7.27. The second-order valence-electron chi connectivity index (χ2n) is 5.19. The molecule has 0 aliphatic carbocycles. The number of aromatic nitrogens is 1. The fourth-order valence-corrected chi connectivity index (χ4v) is 2.51. The van der Waals surface area contributed by atoms with Crippen molar-refractivity contribution in [2.45, 2.75) is 27.2 Å². The third kappa shape index (κ3) is 2.52. The molecule has 6 heteroatoms. The number of anilines is 1. The Balaban J connectivity index is 1.89. The van der Waals surface area contributed by atoms with Crippen LogP contribution in [0.15, 0.2) is 16.7 Å². The molecule has 0 saturated heterocycles. The molecule has 116 valence electrons. The van der Waals surface area contributed by atoms with Crippen LogP contribution < -0.4 is 14.8 Å². The van der Waals surface area contributed by atoms with Crippen LogP contribution in [0, 0.1) is 13.8 Å². The number of amides is 1. The van der Waals surface area contributed by atoms with Crippen molar-refractivity contribution >= 4 is 11.8 Å². The summed E-state index contributed by atoms with van der Waals surface area (Å²) >= 11 is 0. The van der Waals surface area contributed by atoms with Crippen LogP contribution in [0.1, 0.15) is 34.1 Å². The molecule has 0 spiro atoms. The first kappa shape index (κ1) is 14.4. The molecule has 2 heterocycles. The zero-order chi connectivity index (χ0) is 15.7. The fraction of sp³-hybridized carbons (Fsp3) is 0.375. The van der Waals surface area contributed by atoms with Gasteiger partial charge in [-0.15, -0.1) is 0 Å². The molecule has 0 atom stereocenters. The molecule has 1 aromatic carbocycles. The van der Waals surface area contributed by atoms with E-state index in [1.807, 2.05) is 26.8 Å². The second kappa shape index (κ2) is 5.71. The lowest BCUT2D eigenvalue weighted by atomic mass is 10.1. The molecule has 2 aromatic rings. The van der Waals surface area contributed by atoms with Gasteiger partial charge in [0.15, 0.2) is 11.5 Å². The number of nitrogens with one attached hydrogen (secondary N) is 1. The normalized spacial score (nSPS) is 13.0. The van der Waals surface area contributed by atoms with Crippen molar-refractivity contribution in [2.75, 3.05) is 18.5 Å². The summed E-state index contributed by atoms with van der Waals surface area (Å²) in [6, 6.07) is 3.52. The van der Waals surface area contributed by atoms with E-state index in [2.05, 4.69) is 10.5 Å². The highest BCUT2D eigenvalue weighted by atomic mass is 16.6. The lowest BCUT2D eigenvalue weighted by molar-refractivity contribution is 0.102. The van der Waals surface area contributed by atoms with Gasteiger partial charge in [0.1, 0.15) is 13.2 Å². The predicted octanol–water partition coefficient (Wildman–Crippen LogP) is 2.88. The third-order valence-corrected chi connectivity index (χ3v) is 3.70. The van der Waals surface area contributed by atoms with Crippen LogP contribution in [0.2, 0.25) is 0 Å². The Morgan fingerprint density at radius 1 is 1.23 bits per heavy atom. The van der Waals surface area contributed by atoms with Crippen LogP contribution in [0.5, 0.6) is 11.5 Å². The Bertz CT molecular complexity index is 721. The molecule has 0 fully saturated rings. The standard InChI is InChI=1S/C16H18N2O4/c1-4-11-10(3)18-22-16(11)17-15(19)12-8-14-13(7-9(12)2)20-5-6-21-14/h7-8H,4-6H2,1-3H3,(H,17,19). The SMILES string of the molecule is CCc1c(C)noc1NC(=O)c1cc2c(cc1C)OCCO2. The second-order valence-corrected chi connectivity index (χ2v) is 5.19. The number of fused-ring (bicyclic) bond motifs is 1. The lowest BCUT2D eigenvalue weighted by Crippen LogP contribution is -2.18. The monoisotopic (exact) mass is 302 g/mol. The Labute approximate surface area is 128 Å². The smallest absolute Gasteiger partial charge is 0.258 e. The number of nitrogens with zero attached hydrogens (tertiary/aromatic N) is 1. The van der Waals surface area contributed by atoms with E-state index in [-0.39, 0.29) is 5.91 Å². The number of ether oxygens (including phenoxy) is 2. The topological polar surface area (TPSA) is 73.6 Å². The van der Waals surface area contributed by atoms with E-state index in [0.717, 1.165) is 23.2 Å². The van der Waals surface area contributed by atoms with E-state index in [4.69, 9.17) is 14.0 Å². The molecule has 22 heavy (non-hydrogen) atoms. The molecule has 0 radical (unpaired) electrons. The van der Waals surface area contributed by atoms with Crippen molar-refractivity contribution in [2.24, 2.45) is 0 Å². The van der Waals surface area contributed by atoms with Gasteiger partial charge in [0.25, 0.3) is 5.91 Å². The van der Waals surface area contributed by atoms with E-state index in [9.17, 15) is 4.79 Å². The first-order chi connectivity index (χ1) is 10.6. The van der Waals surface area contributed by atoms with Gasteiger partial charge in [-0.25, -0.2) is 0 Å². The average Bonchev–Trinajstić information content (AvgIpc) is 2.86. The lowest BCUT2D eigenvalue weighted by Gasteiger charge is -2.20. The van der Waals surface area contributed by atoms with Gasteiger partial charge in [0, 0.05) is 11.1 Å². The zero-order valence-electron chi connectivity index (χ0n) is 12.9. The summed E-state index contributed by atoms with van der Waals surface area (Å²) in [7, 11) is 0. The molecule has 1 N–H and O–H groups in total. The number of rotatable bonds is 3. The maximum absolute atomic E-state index is 12.5. The van der Waals surface area contributed by atoms with Gasteiger partial charge in [-0.3, -0.25) is 10.1 Å². The van der Waals surface area contributed by atoms with Gasteiger partial charge < -0.3 is 14.0 Å². The number of hydrogen-bond donors (Lipinski definition) is 1. The Morgan fingerprint density at radius 3 is 2.59 bits per heavy atom. The van der Waals surface area contributed by atoms with Crippen LogP contribution in [0.25, 0.3) is 0 Å². The average molecular weight is 302 g/mol. The van der Waals surface area contributed by atoms with Crippen molar-refractivity contribution in [3.05, 3.63) is 34.5 Å². The van der Waals surface area contributed by atoms with Crippen LogP contribution in [0.3, 0.4) is 0 Å². The van der Waals surface area contributed by atoms with Crippen molar-refractivity contribution in [1.29, 1.82) is 0 Å². The Kier molecular flexibility index (Phi) is 3.75. The summed E-state index contributed by atoms with van der Waals surface area (Å²) in [5.41, 5.74) is 3.04. The summed E-state index contributed by atoms with van der Waals surface area (Å²) < 4.78 is 16.2. The molecule has 1 aliphatic rings. The van der Waals surface area contributed by atoms with Gasteiger partial charge in [-0.2, -0.15) is 0 Å². The molecule has 1 amide bonds. The van der Waals surface area contributed by atoms with Crippen LogP contribution in [-0.2, 0) is 6.42 Å². The highest BCUT2D eigenvalue weighted by Crippen LogP contribution is 2.33. The minimum Gasteiger partial charge on any atom is -0.486 e. The molecular formula is C16H18N2O4. The van der Waals surface area contributed by atoms with E-state index < -0.39 is 0 Å². The number of benzene rings is 1. The summed E-state index contributed by atoms with van der Waals surface area (Å²) in [4.78, 5) is 12.5. The van der Waals surface area contributed by atoms with Crippen molar-refractivity contribution in [3.63, 3.8) is 0 Å². The van der Waals surface area contributed by atoms with Crippen molar-refractivity contribution in [3.8, 4) is 11.5 Å². The Morgan fingerprint density at radius 2 is 1.91 bits per heavy atom. The summed E-state index contributed by atoms with van der Waals surface area (Å²) in [6.45, 7) is 6.71. The van der Waals surface area contributed by atoms with Gasteiger partial charge >= 0.3 is 0 Å². The van der Waals surface area contributed by atoms with Gasteiger partial charge in [-0.1, -0.05) is 12.1 Å². The molecular weight excluding hydrogens is 284 g/mol. The fourth-order valence-electron chi connectivity index (χ4n) is 2.51. The molecule has 0 saturated carbocycles. The van der Waals surface area contributed by atoms with E-state index >= 15 is 0 Å². The van der Waals surface area contributed by atoms with Crippen molar-refractivity contribution < 1.29 is 18.8 Å². The molecule has 3 rings (SSSR count). The van der Waals surface area contributed by atoms with Gasteiger partial charge in [0.2, 0.25) is 5.88 Å². The number of hydrogen-bond acceptors (Lipinski definition) is 5. The van der Waals surface area contributed by atoms with Gasteiger partial charge in [0.05, 0.1) is 5.69 Å². The highest BCUT2D eigenvalue weighted by Gasteiger charge is 2.20. The summed E-state index contributed by atoms with van der Waals surface area (Å²) in [5.74, 6) is 1.41. The minimum atomic E-state index is -0.250. The summed E-state index contributed by atoms with van der Waals surface area (Å²) in [6.07, 6.45) is 0.741. The number of carbonyl (C=O) groups is 1. The van der Waals surface area contributed by atoms with E-state index in [1.54, 1.807) is 6.07 Å². The van der Waals surface area contributed by atoms with Crippen LogP contribution in [-0.4, -0.2) is 24.3 Å². The number of carbonyl (C=O) groups excluding carboxylic acids is 1. The van der Waals surface area contributed by atoms with Crippen molar-refractivity contribution in [1.82, 2.24) is 5.16 Å². The Hall–Kier alpha value is -2.50. The predicted molar refractivity (Wildman–Crippen MR) is 80.7 cm³/mol. The van der Waals surface area contributed by atoms with Gasteiger partial charge in [-0.05, 0) is 38.0 Å². The maximum atomic E-state index is 12.5. The first-order valence-corrected chi connectivity index (χ1v) is 7.27. The quantitative estimate of drug-likeness (QED) is 0.943. The highest BCUT2D eigenvalue weighted by molar-refractivity contribution is 6.05. The molecule has 0 bridgehead atoms. The third-order valence-electron chi connectivity index (χ3n) is 3.70. The molecule has 1 aliphatic heterocycles. The van der Waals surface area contributed by atoms with E-state index in [0.29, 0.717) is 36.2 Å². The zero-order valence-corrected chi connectivity index (χ0v) is 12.9. The van der Waals surface area contributed by atoms with Crippen LogP contribution >= 0.6 is 0 Å². The van der Waals surface area contributed by atoms with Crippen LogP contribution in [0.4, 0.5) is 5.88 Å². The largest absolute Gasteiger partial charge is 0.486 e. The molecule has 6 nitrogen and oxygen atoms in total. The molecule has 1 aromatic heterocycles. The van der Waals surface area contributed by atoms with E-state index in [1.165, 1.54) is 0 Å². The minimum absolute atomic E-state index is 0.250. The number of aryl methyl sites for hydroxylation is 2. The molecule has 0 unspecified atom stereocenters. The summed E-state index contributed by atoms with van der Waals surface area (Å²) in [5, 5.41) is 6.67. The maximum Gasteiger partial charge on any atom is 0.258 e.